The van der Waals surface area contributed by atoms with Crippen molar-refractivity contribution in [1.82, 2.24) is 0 Å². The number of hydrogen-bond acceptors (Lipinski definition) is 1. The van der Waals surface area contributed by atoms with Crippen molar-refractivity contribution >= 4 is 6.29 Å². The summed E-state index contributed by atoms with van der Waals surface area (Å²) >= 11 is 0. The van der Waals surface area contributed by atoms with Crippen molar-refractivity contribution in [3.8, 4) is 0 Å². The number of allylic oxidation sites excluding steroid dienone is 3. The number of rotatable bonds is 5. The minimum atomic E-state index is 0.699. The van der Waals surface area contributed by atoms with E-state index < -0.39 is 0 Å². The molecule has 0 heterocycles. The molecule has 56 valence electrons. The minimum absolute atomic E-state index is 0.699. The van der Waals surface area contributed by atoms with Gasteiger partial charge in [0.2, 0.25) is 0 Å². The van der Waals surface area contributed by atoms with Crippen molar-refractivity contribution < 1.29 is 4.79 Å². The third-order valence-electron chi connectivity index (χ3n) is 1.27. The third kappa shape index (κ3) is 5.29. The fourth-order valence-electron chi connectivity index (χ4n) is 0.673. The molecule has 0 fully saturated rings. The van der Waals surface area contributed by atoms with Crippen LogP contribution in [-0.4, -0.2) is 6.29 Å². The van der Waals surface area contributed by atoms with Gasteiger partial charge in [-0.25, -0.2) is 0 Å². The molecule has 0 saturated carbocycles. The SMILES string of the molecule is C=C(C=O)CCCC=CC. The molecule has 0 aromatic carbocycles. The highest BCUT2D eigenvalue weighted by Crippen LogP contribution is 2.02. The molecule has 0 N–H and O–H groups in total. The van der Waals surface area contributed by atoms with E-state index in [0.29, 0.717) is 5.57 Å². The summed E-state index contributed by atoms with van der Waals surface area (Å²) in [4.78, 5) is 10.1. The molecule has 0 bridgehead atoms. The van der Waals surface area contributed by atoms with E-state index in [-0.39, 0.29) is 0 Å². The molecule has 10 heavy (non-hydrogen) atoms. The van der Waals surface area contributed by atoms with Crippen molar-refractivity contribution in [2.24, 2.45) is 0 Å². The Morgan fingerprint density at radius 3 is 2.80 bits per heavy atom. The van der Waals surface area contributed by atoms with Gasteiger partial charge in [0.05, 0.1) is 0 Å². The van der Waals surface area contributed by atoms with Gasteiger partial charge in [0.1, 0.15) is 6.29 Å². The Morgan fingerprint density at radius 2 is 2.30 bits per heavy atom. The summed E-state index contributed by atoms with van der Waals surface area (Å²) in [5, 5.41) is 0. The minimum Gasteiger partial charge on any atom is -0.298 e. The van der Waals surface area contributed by atoms with Gasteiger partial charge < -0.3 is 0 Å². The molecule has 1 nitrogen and oxygen atoms in total. The summed E-state index contributed by atoms with van der Waals surface area (Å²) in [7, 11) is 0. The van der Waals surface area contributed by atoms with Crippen LogP contribution in [0.15, 0.2) is 24.3 Å². The first-order valence-corrected chi connectivity index (χ1v) is 3.55. The third-order valence-corrected chi connectivity index (χ3v) is 1.27. The van der Waals surface area contributed by atoms with Gasteiger partial charge >= 0.3 is 0 Å². The van der Waals surface area contributed by atoms with Gasteiger partial charge in [0.15, 0.2) is 0 Å². The van der Waals surface area contributed by atoms with Crippen molar-refractivity contribution in [2.75, 3.05) is 0 Å². The Hall–Kier alpha value is -0.850. The molecule has 1 heteroatoms. The van der Waals surface area contributed by atoms with E-state index in [2.05, 4.69) is 12.7 Å². The van der Waals surface area contributed by atoms with Crippen LogP contribution >= 0.6 is 0 Å². The zero-order chi connectivity index (χ0) is 7.82. The van der Waals surface area contributed by atoms with Crippen molar-refractivity contribution in [3.05, 3.63) is 24.3 Å². The first kappa shape index (κ1) is 9.15. The number of carbonyl (C=O) groups excluding carboxylic acids is 1. The average molecular weight is 138 g/mol. The molecule has 0 aliphatic carbocycles. The molecular weight excluding hydrogens is 124 g/mol. The molecular formula is C9H14O. The van der Waals surface area contributed by atoms with E-state index in [1.54, 1.807) is 0 Å². The Morgan fingerprint density at radius 1 is 1.60 bits per heavy atom. The summed E-state index contributed by atoms with van der Waals surface area (Å²) in [5.74, 6) is 0. The Labute approximate surface area is 62.4 Å². The first-order chi connectivity index (χ1) is 4.81. The Bertz CT molecular complexity index is 134. The molecule has 0 atom stereocenters. The molecule has 0 amide bonds. The largest absolute Gasteiger partial charge is 0.298 e. The predicted molar refractivity (Wildman–Crippen MR) is 43.9 cm³/mol. The second kappa shape index (κ2) is 6.27. The monoisotopic (exact) mass is 138 g/mol. The van der Waals surface area contributed by atoms with Gasteiger partial charge in [-0.15, -0.1) is 0 Å². The van der Waals surface area contributed by atoms with Gasteiger partial charge in [-0.05, 0) is 31.8 Å². The molecule has 0 saturated heterocycles. The molecule has 0 aromatic rings. The van der Waals surface area contributed by atoms with Crippen LogP contribution < -0.4 is 0 Å². The maximum absolute atomic E-state index is 10.1. The van der Waals surface area contributed by atoms with Crippen molar-refractivity contribution in [2.45, 2.75) is 26.2 Å². The zero-order valence-electron chi connectivity index (χ0n) is 6.47. The maximum atomic E-state index is 10.1. The lowest BCUT2D eigenvalue weighted by Gasteiger charge is -1.92. The molecule has 0 aliphatic rings. The van der Waals surface area contributed by atoms with Crippen LogP contribution in [0.3, 0.4) is 0 Å². The molecule has 0 aromatic heterocycles. The normalized spacial score (nSPS) is 10.1. The van der Waals surface area contributed by atoms with E-state index in [0.717, 1.165) is 25.5 Å². The number of carbonyl (C=O) groups is 1. The predicted octanol–water partition coefficient (Wildman–Crippen LogP) is 2.49. The van der Waals surface area contributed by atoms with Gasteiger partial charge in [-0.3, -0.25) is 4.79 Å². The number of unbranched alkanes of at least 4 members (excludes halogenated alkanes) is 1. The zero-order valence-corrected chi connectivity index (χ0v) is 6.47. The second-order valence-corrected chi connectivity index (χ2v) is 2.24. The second-order valence-electron chi connectivity index (χ2n) is 2.24. The average Bonchev–Trinajstić information content (AvgIpc) is 1.98. The molecule has 0 spiro atoms. The smallest absolute Gasteiger partial charge is 0.145 e. The van der Waals surface area contributed by atoms with Crippen LogP contribution in [0, 0.1) is 0 Å². The highest BCUT2D eigenvalue weighted by molar-refractivity contribution is 5.71. The highest BCUT2D eigenvalue weighted by Gasteiger charge is 1.88. The summed E-state index contributed by atoms with van der Waals surface area (Å²) in [6, 6.07) is 0. The Kier molecular flexibility index (Phi) is 5.74. The van der Waals surface area contributed by atoms with E-state index >= 15 is 0 Å². The topological polar surface area (TPSA) is 17.1 Å². The van der Waals surface area contributed by atoms with Crippen LogP contribution in [-0.2, 0) is 4.79 Å². The summed E-state index contributed by atoms with van der Waals surface area (Å²) in [6.45, 7) is 5.57. The molecule has 0 rings (SSSR count). The van der Waals surface area contributed by atoms with Gasteiger partial charge in [-0.2, -0.15) is 0 Å². The molecule has 0 radical (unpaired) electrons. The first-order valence-electron chi connectivity index (χ1n) is 3.55. The molecule has 0 aliphatic heterocycles. The van der Waals surface area contributed by atoms with E-state index in [9.17, 15) is 4.79 Å². The van der Waals surface area contributed by atoms with Crippen LogP contribution in [0.2, 0.25) is 0 Å². The lowest BCUT2D eigenvalue weighted by Crippen LogP contribution is -1.81. The highest BCUT2D eigenvalue weighted by atomic mass is 16.1. The van der Waals surface area contributed by atoms with Crippen LogP contribution in [0.1, 0.15) is 26.2 Å². The standard InChI is InChI=1S/C9H14O/c1-3-4-5-6-7-9(2)8-10/h3-4,8H,2,5-7H2,1H3. The Balaban J connectivity index is 3.19. The van der Waals surface area contributed by atoms with Crippen LogP contribution in [0.4, 0.5) is 0 Å². The summed E-state index contributed by atoms with van der Waals surface area (Å²) < 4.78 is 0. The number of aldehydes is 1. The fourth-order valence-corrected chi connectivity index (χ4v) is 0.673. The lowest BCUT2D eigenvalue weighted by atomic mass is 10.1. The summed E-state index contributed by atoms with van der Waals surface area (Å²) in [6.07, 6.45) is 7.84. The quantitative estimate of drug-likeness (QED) is 0.247. The van der Waals surface area contributed by atoms with Crippen LogP contribution in [0.5, 0.6) is 0 Å². The fraction of sp³-hybridized carbons (Fsp3) is 0.444. The van der Waals surface area contributed by atoms with E-state index in [1.165, 1.54) is 0 Å². The van der Waals surface area contributed by atoms with Gasteiger partial charge in [-0.1, -0.05) is 18.7 Å². The van der Waals surface area contributed by atoms with E-state index in [1.807, 2.05) is 13.0 Å². The maximum Gasteiger partial charge on any atom is 0.145 e. The van der Waals surface area contributed by atoms with Crippen LogP contribution in [0.25, 0.3) is 0 Å². The summed E-state index contributed by atoms with van der Waals surface area (Å²) in [5.41, 5.74) is 0.699. The van der Waals surface area contributed by atoms with Crippen molar-refractivity contribution in [3.63, 3.8) is 0 Å². The van der Waals surface area contributed by atoms with E-state index in [4.69, 9.17) is 0 Å². The van der Waals surface area contributed by atoms with Gasteiger partial charge in [0.25, 0.3) is 0 Å². The molecule has 0 unspecified atom stereocenters. The number of hydrogen-bond donors (Lipinski definition) is 0. The van der Waals surface area contributed by atoms with Crippen molar-refractivity contribution in [1.29, 1.82) is 0 Å². The van der Waals surface area contributed by atoms with Gasteiger partial charge in [0, 0.05) is 0 Å². The lowest BCUT2D eigenvalue weighted by molar-refractivity contribution is -0.105.